The van der Waals surface area contributed by atoms with Crippen LogP contribution in [0.3, 0.4) is 0 Å². The predicted octanol–water partition coefficient (Wildman–Crippen LogP) is 3.52. The highest BCUT2D eigenvalue weighted by Gasteiger charge is 2.18. The zero-order chi connectivity index (χ0) is 22.9. The highest BCUT2D eigenvalue weighted by atomic mass is 32.2. The lowest BCUT2D eigenvalue weighted by Gasteiger charge is -2.23. The van der Waals surface area contributed by atoms with Crippen molar-refractivity contribution in [2.45, 2.75) is 39.7 Å². The minimum Gasteiger partial charge on any atom is -0.491 e. The van der Waals surface area contributed by atoms with Crippen LogP contribution in [0.15, 0.2) is 48.5 Å². The van der Waals surface area contributed by atoms with Crippen molar-refractivity contribution in [1.29, 1.82) is 0 Å². The summed E-state index contributed by atoms with van der Waals surface area (Å²) in [6, 6.07) is 14.7. The van der Waals surface area contributed by atoms with Gasteiger partial charge in [0.25, 0.3) is 0 Å². The lowest BCUT2D eigenvalue weighted by Crippen LogP contribution is -2.33. The second-order valence-corrected chi connectivity index (χ2v) is 9.47. The second kappa shape index (κ2) is 11.6. The molecule has 170 valence electrons. The van der Waals surface area contributed by atoms with Crippen LogP contribution in [-0.4, -0.2) is 46.4 Å². The molecular formula is C23H32N2O5S. The Morgan fingerprint density at radius 3 is 2.55 bits per heavy atom. The summed E-state index contributed by atoms with van der Waals surface area (Å²) in [5.74, 6) is 1.26. The molecule has 1 N–H and O–H groups in total. The standard InChI is InChI=1S/C23H32N2O5S/c1-18(2)30-21-11-7-10-20(17-21)25(31(4,27)28)15-8-13-23(26)24-14-16-29-22-12-6-5-9-19(22)3/h5-7,9-12,17-18H,8,13-16H2,1-4H3,(H,24,26). The fourth-order valence-electron chi connectivity index (χ4n) is 3.01. The summed E-state index contributed by atoms with van der Waals surface area (Å²) in [4.78, 5) is 12.1. The van der Waals surface area contributed by atoms with Gasteiger partial charge in [0.15, 0.2) is 0 Å². The largest absolute Gasteiger partial charge is 0.491 e. The second-order valence-electron chi connectivity index (χ2n) is 7.57. The first-order chi connectivity index (χ1) is 14.7. The average Bonchev–Trinajstić information content (AvgIpc) is 2.68. The third-order valence-corrected chi connectivity index (χ3v) is 5.61. The predicted molar refractivity (Wildman–Crippen MR) is 123 cm³/mol. The van der Waals surface area contributed by atoms with E-state index in [4.69, 9.17) is 9.47 Å². The van der Waals surface area contributed by atoms with E-state index in [1.165, 1.54) is 4.31 Å². The first kappa shape index (κ1) is 24.5. The Labute approximate surface area is 185 Å². The molecule has 0 unspecified atom stereocenters. The van der Waals surface area contributed by atoms with Crippen molar-refractivity contribution >= 4 is 21.6 Å². The Bertz CT molecular complexity index is 960. The molecule has 0 aliphatic rings. The molecule has 0 aliphatic carbocycles. The first-order valence-electron chi connectivity index (χ1n) is 10.4. The fourth-order valence-corrected chi connectivity index (χ4v) is 3.97. The monoisotopic (exact) mass is 448 g/mol. The molecule has 2 aromatic rings. The van der Waals surface area contributed by atoms with E-state index in [0.717, 1.165) is 17.6 Å². The van der Waals surface area contributed by atoms with Crippen LogP contribution < -0.4 is 19.1 Å². The van der Waals surface area contributed by atoms with E-state index in [2.05, 4.69) is 5.32 Å². The molecule has 0 fully saturated rings. The number of ether oxygens (including phenoxy) is 2. The summed E-state index contributed by atoms with van der Waals surface area (Å²) >= 11 is 0. The van der Waals surface area contributed by atoms with Crippen molar-refractivity contribution in [3.05, 3.63) is 54.1 Å². The number of hydrogen-bond donors (Lipinski definition) is 1. The maximum Gasteiger partial charge on any atom is 0.232 e. The third-order valence-electron chi connectivity index (χ3n) is 4.42. The molecule has 0 atom stereocenters. The van der Waals surface area contributed by atoms with Gasteiger partial charge in [-0.1, -0.05) is 24.3 Å². The van der Waals surface area contributed by atoms with Crippen LogP contribution >= 0.6 is 0 Å². The summed E-state index contributed by atoms with van der Waals surface area (Å²) in [6.07, 6.45) is 1.76. The van der Waals surface area contributed by atoms with Crippen LogP contribution in [0.4, 0.5) is 5.69 Å². The summed E-state index contributed by atoms with van der Waals surface area (Å²) in [7, 11) is -3.49. The van der Waals surface area contributed by atoms with Crippen molar-refractivity contribution in [2.75, 3.05) is 30.3 Å². The van der Waals surface area contributed by atoms with Crippen molar-refractivity contribution in [3.63, 3.8) is 0 Å². The minimum atomic E-state index is -3.49. The topological polar surface area (TPSA) is 84.9 Å². The van der Waals surface area contributed by atoms with Gasteiger partial charge in [0.1, 0.15) is 18.1 Å². The molecule has 0 saturated carbocycles. The zero-order valence-electron chi connectivity index (χ0n) is 18.6. The minimum absolute atomic E-state index is 0.0135. The lowest BCUT2D eigenvalue weighted by molar-refractivity contribution is -0.121. The van der Waals surface area contributed by atoms with Crippen LogP contribution in [0, 0.1) is 6.92 Å². The Morgan fingerprint density at radius 1 is 1.13 bits per heavy atom. The molecule has 0 radical (unpaired) electrons. The highest BCUT2D eigenvalue weighted by Crippen LogP contribution is 2.24. The number of nitrogens with one attached hydrogen (secondary N) is 1. The van der Waals surface area contributed by atoms with Gasteiger partial charge in [0.2, 0.25) is 15.9 Å². The summed E-state index contributed by atoms with van der Waals surface area (Å²) in [5.41, 5.74) is 1.56. The van der Waals surface area contributed by atoms with Gasteiger partial charge in [0.05, 0.1) is 24.6 Å². The summed E-state index contributed by atoms with van der Waals surface area (Å²) in [5, 5.41) is 2.80. The molecule has 7 nitrogen and oxygen atoms in total. The van der Waals surface area contributed by atoms with Gasteiger partial charge in [-0.2, -0.15) is 0 Å². The van der Waals surface area contributed by atoms with Gasteiger partial charge < -0.3 is 14.8 Å². The third kappa shape index (κ3) is 8.49. The van der Waals surface area contributed by atoms with Crippen molar-refractivity contribution in [2.24, 2.45) is 0 Å². The number of anilines is 1. The van der Waals surface area contributed by atoms with E-state index in [9.17, 15) is 13.2 Å². The summed E-state index contributed by atoms with van der Waals surface area (Å²) < 4.78 is 37.2. The van der Waals surface area contributed by atoms with E-state index < -0.39 is 10.0 Å². The van der Waals surface area contributed by atoms with Gasteiger partial charge in [-0.25, -0.2) is 8.42 Å². The van der Waals surface area contributed by atoms with E-state index in [1.54, 1.807) is 24.3 Å². The van der Waals surface area contributed by atoms with Crippen LogP contribution in [0.2, 0.25) is 0 Å². The molecule has 8 heteroatoms. The molecule has 0 saturated heterocycles. The maximum atomic E-state index is 12.3. The van der Waals surface area contributed by atoms with Gasteiger partial charge in [0, 0.05) is 19.0 Å². The molecule has 0 aliphatic heterocycles. The number of sulfonamides is 1. The summed E-state index contributed by atoms with van der Waals surface area (Å²) in [6.45, 7) is 6.74. The molecular weight excluding hydrogens is 416 g/mol. The van der Waals surface area contributed by atoms with Crippen molar-refractivity contribution < 1.29 is 22.7 Å². The number of carbonyl (C=O) groups is 1. The number of para-hydroxylation sites is 1. The molecule has 0 spiro atoms. The van der Waals surface area contributed by atoms with Gasteiger partial charge in [-0.15, -0.1) is 0 Å². The maximum absolute atomic E-state index is 12.3. The van der Waals surface area contributed by atoms with Crippen LogP contribution in [-0.2, 0) is 14.8 Å². The zero-order valence-corrected chi connectivity index (χ0v) is 19.4. The molecule has 31 heavy (non-hydrogen) atoms. The van der Waals surface area contributed by atoms with E-state index in [0.29, 0.717) is 31.0 Å². The Hall–Kier alpha value is -2.74. The number of amides is 1. The molecule has 2 aromatic carbocycles. The quantitative estimate of drug-likeness (QED) is 0.502. The number of carbonyl (C=O) groups excluding carboxylic acids is 1. The fraction of sp³-hybridized carbons (Fsp3) is 0.435. The Morgan fingerprint density at radius 2 is 1.87 bits per heavy atom. The van der Waals surface area contributed by atoms with Crippen LogP contribution in [0.5, 0.6) is 11.5 Å². The van der Waals surface area contributed by atoms with Gasteiger partial charge in [-0.05, 0) is 51.0 Å². The van der Waals surface area contributed by atoms with Gasteiger partial charge in [-0.3, -0.25) is 9.10 Å². The smallest absolute Gasteiger partial charge is 0.232 e. The number of benzene rings is 2. The number of aryl methyl sites for hydroxylation is 1. The lowest BCUT2D eigenvalue weighted by atomic mass is 10.2. The van der Waals surface area contributed by atoms with Crippen LogP contribution in [0.1, 0.15) is 32.3 Å². The normalized spacial score (nSPS) is 11.3. The number of nitrogens with zero attached hydrogens (tertiary/aromatic N) is 1. The molecule has 0 aromatic heterocycles. The van der Waals surface area contributed by atoms with Crippen LogP contribution in [0.25, 0.3) is 0 Å². The molecule has 0 heterocycles. The highest BCUT2D eigenvalue weighted by molar-refractivity contribution is 7.92. The Balaban J connectivity index is 1.82. The number of rotatable bonds is 12. The Kier molecular flexibility index (Phi) is 9.18. The first-order valence-corrected chi connectivity index (χ1v) is 12.2. The van der Waals surface area contributed by atoms with Crippen molar-refractivity contribution in [1.82, 2.24) is 5.32 Å². The van der Waals surface area contributed by atoms with E-state index >= 15 is 0 Å². The molecule has 1 amide bonds. The van der Waals surface area contributed by atoms with E-state index in [-0.39, 0.29) is 25.0 Å². The number of hydrogen-bond acceptors (Lipinski definition) is 5. The SMILES string of the molecule is Cc1ccccc1OCCNC(=O)CCCN(c1cccc(OC(C)C)c1)S(C)(=O)=O. The van der Waals surface area contributed by atoms with Gasteiger partial charge >= 0.3 is 0 Å². The average molecular weight is 449 g/mol. The van der Waals surface area contributed by atoms with E-state index in [1.807, 2.05) is 45.0 Å². The van der Waals surface area contributed by atoms with Crippen molar-refractivity contribution in [3.8, 4) is 11.5 Å². The molecule has 0 bridgehead atoms. The molecule has 2 rings (SSSR count).